The van der Waals surface area contributed by atoms with Gasteiger partial charge in [-0.25, -0.2) is 9.59 Å². The highest BCUT2D eigenvalue weighted by molar-refractivity contribution is 6.07. The Labute approximate surface area is 116 Å². The minimum absolute atomic E-state index is 0.137. The smallest absolute Gasteiger partial charge is 0.340 e. The molecule has 0 aliphatic heterocycles. The zero-order valence-electron chi connectivity index (χ0n) is 11.9. The van der Waals surface area contributed by atoms with E-state index in [1.807, 2.05) is 13.8 Å². The summed E-state index contributed by atoms with van der Waals surface area (Å²) in [4.78, 5) is 26.8. The molecule has 1 heterocycles. The van der Waals surface area contributed by atoms with Crippen LogP contribution in [0.5, 0.6) is 0 Å². The van der Waals surface area contributed by atoms with Crippen molar-refractivity contribution >= 4 is 22.8 Å². The molecule has 0 amide bonds. The molecule has 0 saturated carbocycles. The van der Waals surface area contributed by atoms with Crippen molar-refractivity contribution in [1.29, 1.82) is 0 Å². The molecule has 0 saturated heterocycles. The summed E-state index contributed by atoms with van der Waals surface area (Å²) in [5.41, 5.74) is 2.47. The number of carbonyl (C=O) groups excluding carboxylic acids is 2. The molecule has 0 fully saturated rings. The van der Waals surface area contributed by atoms with Gasteiger partial charge in [0.1, 0.15) is 0 Å². The Morgan fingerprint density at radius 1 is 1.10 bits per heavy atom. The number of rotatable bonds is 3. The molecule has 0 bridgehead atoms. The molecule has 0 atom stereocenters. The maximum atomic E-state index is 12.0. The number of nitrogens with one attached hydrogen (secondary N) is 1. The van der Waals surface area contributed by atoms with E-state index in [2.05, 4.69) is 4.98 Å². The van der Waals surface area contributed by atoms with Gasteiger partial charge in [0, 0.05) is 16.6 Å². The number of aromatic nitrogens is 1. The molecular formula is C15H17NO4. The van der Waals surface area contributed by atoms with Crippen LogP contribution in [0.15, 0.2) is 18.2 Å². The highest BCUT2D eigenvalue weighted by atomic mass is 16.5. The molecule has 0 spiro atoms. The molecule has 2 rings (SSSR count). The van der Waals surface area contributed by atoms with Crippen LogP contribution >= 0.6 is 0 Å². The summed E-state index contributed by atoms with van der Waals surface area (Å²) in [6.45, 7) is 3.97. The Morgan fingerprint density at radius 2 is 1.75 bits per heavy atom. The molecule has 0 aliphatic rings. The summed E-state index contributed by atoms with van der Waals surface area (Å²) >= 11 is 0. The minimum Gasteiger partial charge on any atom is -0.465 e. The maximum Gasteiger partial charge on any atom is 0.340 e. The van der Waals surface area contributed by atoms with Crippen molar-refractivity contribution in [3.8, 4) is 0 Å². The zero-order chi connectivity index (χ0) is 14.9. The molecule has 20 heavy (non-hydrogen) atoms. The molecular weight excluding hydrogens is 258 g/mol. The molecule has 1 N–H and O–H groups in total. The number of hydrogen-bond donors (Lipinski definition) is 1. The average molecular weight is 275 g/mol. The van der Waals surface area contributed by atoms with Crippen molar-refractivity contribution < 1.29 is 19.1 Å². The molecule has 1 aromatic carbocycles. The van der Waals surface area contributed by atoms with Crippen molar-refractivity contribution in [2.75, 3.05) is 14.2 Å². The van der Waals surface area contributed by atoms with Crippen molar-refractivity contribution in [3.63, 3.8) is 0 Å². The standard InChI is InChI=1S/C15H17NO4/c1-8(2)13-12(15(18)20-4)10-7-9(14(17)19-3)5-6-11(10)16-13/h5-8,16H,1-4H3. The lowest BCUT2D eigenvalue weighted by molar-refractivity contribution is 0.0590. The van der Waals surface area contributed by atoms with Crippen LogP contribution in [0.25, 0.3) is 10.9 Å². The predicted octanol–water partition coefficient (Wildman–Crippen LogP) is 2.86. The predicted molar refractivity (Wildman–Crippen MR) is 75.1 cm³/mol. The van der Waals surface area contributed by atoms with E-state index in [-0.39, 0.29) is 5.92 Å². The fourth-order valence-electron chi connectivity index (χ4n) is 2.21. The van der Waals surface area contributed by atoms with E-state index in [4.69, 9.17) is 9.47 Å². The van der Waals surface area contributed by atoms with Crippen molar-refractivity contribution in [3.05, 3.63) is 35.0 Å². The SMILES string of the molecule is COC(=O)c1ccc2[nH]c(C(C)C)c(C(=O)OC)c2c1. The van der Waals surface area contributed by atoms with Crippen molar-refractivity contribution in [1.82, 2.24) is 4.98 Å². The topological polar surface area (TPSA) is 68.4 Å². The molecule has 0 unspecified atom stereocenters. The van der Waals surface area contributed by atoms with Crippen LogP contribution in [-0.2, 0) is 9.47 Å². The number of ether oxygens (including phenoxy) is 2. The summed E-state index contributed by atoms with van der Waals surface area (Å²) < 4.78 is 9.55. The third-order valence-corrected chi connectivity index (χ3v) is 3.22. The first kappa shape index (κ1) is 14.1. The Balaban J connectivity index is 2.72. The van der Waals surface area contributed by atoms with Crippen LogP contribution in [0.3, 0.4) is 0 Å². The lowest BCUT2D eigenvalue weighted by atomic mass is 10.0. The fourth-order valence-corrected chi connectivity index (χ4v) is 2.21. The lowest BCUT2D eigenvalue weighted by Crippen LogP contribution is -2.06. The first-order valence-electron chi connectivity index (χ1n) is 6.31. The molecule has 2 aromatic rings. The molecule has 5 nitrogen and oxygen atoms in total. The van der Waals surface area contributed by atoms with Crippen LogP contribution in [0.1, 0.15) is 46.2 Å². The summed E-state index contributed by atoms with van der Waals surface area (Å²) in [6, 6.07) is 5.07. The Kier molecular flexibility index (Phi) is 3.79. The molecule has 106 valence electrons. The minimum atomic E-state index is -0.435. The summed E-state index contributed by atoms with van der Waals surface area (Å²) in [6.07, 6.45) is 0. The highest BCUT2D eigenvalue weighted by Gasteiger charge is 2.22. The van der Waals surface area contributed by atoms with Crippen LogP contribution in [0, 0.1) is 0 Å². The van der Waals surface area contributed by atoms with Gasteiger partial charge in [-0.1, -0.05) is 13.8 Å². The number of aromatic amines is 1. The second-order valence-electron chi connectivity index (χ2n) is 4.81. The Hall–Kier alpha value is -2.30. The monoisotopic (exact) mass is 275 g/mol. The van der Waals surface area contributed by atoms with E-state index < -0.39 is 11.9 Å². The average Bonchev–Trinajstić information content (AvgIpc) is 2.84. The van der Waals surface area contributed by atoms with Gasteiger partial charge < -0.3 is 14.5 Å². The zero-order valence-corrected chi connectivity index (χ0v) is 11.9. The number of methoxy groups -OCH3 is 2. The number of esters is 2. The largest absolute Gasteiger partial charge is 0.465 e. The first-order valence-corrected chi connectivity index (χ1v) is 6.31. The van der Waals surface area contributed by atoms with Gasteiger partial charge in [0.05, 0.1) is 25.3 Å². The second kappa shape index (κ2) is 5.36. The highest BCUT2D eigenvalue weighted by Crippen LogP contribution is 2.29. The number of benzene rings is 1. The van der Waals surface area contributed by atoms with Gasteiger partial charge in [-0.05, 0) is 24.1 Å². The van der Waals surface area contributed by atoms with E-state index >= 15 is 0 Å². The molecule has 5 heteroatoms. The van der Waals surface area contributed by atoms with Crippen molar-refractivity contribution in [2.24, 2.45) is 0 Å². The van der Waals surface area contributed by atoms with Crippen LogP contribution < -0.4 is 0 Å². The first-order chi connectivity index (χ1) is 9.49. The van der Waals surface area contributed by atoms with Gasteiger partial charge in [0.25, 0.3) is 0 Å². The third-order valence-electron chi connectivity index (χ3n) is 3.22. The lowest BCUT2D eigenvalue weighted by Gasteiger charge is -2.05. The summed E-state index contributed by atoms with van der Waals surface area (Å²) in [5.74, 6) is -0.713. The quantitative estimate of drug-likeness (QED) is 0.874. The van der Waals surface area contributed by atoms with E-state index in [0.29, 0.717) is 16.5 Å². The fraction of sp³-hybridized carbons (Fsp3) is 0.333. The van der Waals surface area contributed by atoms with Gasteiger partial charge in [0.2, 0.25) is 0 Å². The van der Waals surface area contributed by atoms with Gasteiger partial charge >= 0.3 is 11.9 Å². The maximum absolute atomic E-state index is 12.0. The molecule has 0 radical (unpaired) electrons. The van der Waals surface area contributed by atoms with Gasteiger partial charge in [-0.2, -0.15) is 0 Å². The second-order valence-corrected chi connectivity index (χ2v) is 4.81. The Morgan fingerprint density at radius 3 is 2.30 bits per heavy atom. The van der Waals surface area contributed by atoms with Gasteiger partial charge in [-0.3, -0.25) is 0 Å². The number of H-pyrrole nitrogens is 1. The third kappa shape index (κ3) is 2.27. The summed E-state index contributed by atoms with van der Waals surface area (Å²) in [7, 11) is 2.67. The number of fused-ring (bicyclic) bond motifs is 1. The number of carbonyl (C=O) groups is 2. The van der Waals surface area contributed by atoms with Crippen LogP contribution in [0.2, 0.25) is 0 Å². The molecule has 1 aromatic heterocycles. The van der Waals surface area contributed by atoms with Crippen LogP contribution in [-0.4, -0.2) is 31.1 Å². The van der Waals surface area contributed by atoms with Gasteiger partial charge in [0.15, 0.2) is 0 Å². The Bertz CT molecular complexity index is 670. The molecule has 0 aliphatic carbocycles. The number of hydrogen-bond acceptors (Lipinski definition) is 4. The van der Waals surface area contributed by atoms with Gasteiger partial charge in [-0.15, -0.1) is 0 Å². The normalized spacial score (nSPS) is 10.8. The summed E-state index contributed by atoms with van der Waals surface area (Å²) in [5, 5.41) is 0.670. The van der Waals surface area contributed by atoms with E-state index in [1.54, 1.807) is 18.2 Å². The van der Waals surface area contributed by atoms with E-state index in [1.165, 1.54) is 14.2 Å². The van der Waals surface area contributed by atoms with Crippen molar-refractivity contribution in [2.45, 2.75) is 19.8 Å². The van der Waals surface area contributed by atoms with E-state index in [9.17, 15) is 9.59 Å². The van der Waals surface area contributed by atoms with E-state index in [0.717, 1.165) is 11.2 Å². The van der Waals surface area contributed by atoms with Crippen LogP contribution in [0.4, 0.5) is 0 Å².